The minimum Gasteiger partial charge on any atom is -0.491 e. The van der Waals surface area contributed by atoms with E-state index in [-0.39, 0.29) is 11.0 Å². The minimum atomic E-state index is -3.92. The Morgan fingerprint density at radius 3 is 2.12 bits per heavy atom. The van der Waals surface area contributed by atoms with Crippen molar-refractivity contribution >= 4 is 21.7 Å². The number of anilines is 1. The molecule has 2 aromatic rings. The summed E-state index contributed by atoms with van der Waals surface area (Å²) in [7, 11) is -2.70. The Balaban J connectivity index is 2.42. The maximum absolute atomic E-state index is 13.0. The average Bonchev–Trinajstić information content (AvgIpc) is 2.60. The van der Waals surface area contributed by atoms with Gasteiger partial charge in [-0.05, 0) is 57.2 Å². The van der Waals surface area contributed by atoms with E-state index in [1.807, 2.05) is 20.8 Å². The van der Waals surface area contributed by atoms with Gasteiger partial charge in [0, 0.05) is 0 Å². The number of benzene rings is 2. The molecule has 0 amide bonds. The zero-order valence-corrected chi connectivity index (χ0v) is 16.1. The van der Waals surface area contributed by atoms with E-state index in [4.69, 9.17) is 4.74 Å². The summed E-state index contributed by atoms with van der Waals surface area (Å²) in [4.78, 5) is 11.9. The fourth-order valence-electron chi connectivity index (χ4n) is 2.30. The van der Waals surface area contributed by atoms with Crippen molar-refractivity contribution < 1.29 is 22.7 Å². The zero-order chi connectivity index (χ0) is 19.3. The predicted molar refractivity (Wildman–Crippen MR) is 99.9 cm³/mol. The Morgan fingerprint density at radius 2 is 1.62 bits per heavy atom. The smallest absolute Gasteiger partial charge is 0.326 e. The van der Waals surface area contributed by atoms with Gasteiger partial charge in [0.25, 0.3) is 10.0 Å². The van der Waals surface area contributed by atoms with Crippen LogP contribution in [0, 0.1) is 6.92 Å². The second kappa shape index (κ2) is 8.23. The number of aryl methyl sites for hydroxylation is 1. The molecule has 0 saturated heterocycles. The van der Waals surface area contributed by atoms with Crippen LogP contribution >= 0.6 is 0 Å². The maximum atomic E-state index is 13.0. The molecule has 0 spiro atoms. The van der Waals surface area contributed by atoms with Crippen LogP contribution in [0.4, 0.5) is 5.69 Å². The van der Waals surface area contributed by atoms with Crippen molar-refractivity contribution in [3.8, 4) is 5.75 Å². The van der Waals surface area contributed by atoms with Crippen molar-refractivity contribution in [1.82, 2.24) is 0 Å². The fraction of sp³-hybridized carbons (Fsp3) is 0.316. The molecule has 2 rings (SSSR count). The topological polar surface area (TPSA) is 72.9 Å². The number of ether oxygens (including phenoxy) is 2. The Hall–Kier alpha value is -2.54. The summed E-state index contributed by atoms with van der Waals surface area (Å²) in [5, 5.41) is 0. The lowest BCUT2D eigenvalue weighted by Gasteiger charge is -2.24. The van der Waals surface area contributed by atoms with Crippen molar-refractivity contribution in [1.29, 1.82) is 0 Å². The number of hydrogen-bond donors (Lipinski definition) is 0. The first kappa shape index (κ1) is 19.8. The van der Waals surface area contributed by atoms with E-state index in [1.165, 1.54) is 19.2 Å². The molecule has 0 aliphatic heterocycles. The minimum absolute atomic E-state index is 0.00307. The summed E-state index contributed by atoms with van der Waals surface area (Å²) in [5.74, 6) is -0.0299. The number of hydrogen-bond acceptors (Lipinski definition) is 5. The molecule has 140 valence electrons. The van der Waals surface area contributed by atoms with Gasteiger partial charge in [-0.15, -0.1) is 0 Å². The van der Waals surface area contributed by atoms with Gasteiger partial charge in [0.05, 0.1) is 23.8 Å². The lowest BCUT2D eigenvalue weighted by Crippen LogP contribution is -2.36. The van der Waals surface area contributed by atoms with Gasteiger partial charge in [-0.3, -0.25) is 9.10 Å². The van der Waals surface area contributed by atoms with Crippen LogP contribution < -0.4 is 9.04 Å². The monoisotopic (exact) mass is 377 g/mol. The normalized spacial score (nSPS) is 11.3. The third-order valence-corrected chi connectivity index (χ3v) is 5.39. The molecule has 0 unspecified atom stereocenters. The van der Waals surface area contributed by atoms with Crippen molar-refractivity contribution in [3.63, 3.8) is 0 Å². The molecule has 0 saturated carbocycles. The molecule has 2 aromatic carbocycles. The largest absolute Gasteiger partial charge is 0.491 e. The van der Waals surface area contributed by atoms with Gasteiger partial charge in [-0.1, -0.05) is 17.7 Å². The molecule has 7 heteroatoms. The SMILES string of the molecule is COC(=O)CN(c1ccc(OC(C)C)cc1)S(=O)(=O)c1ccc(C)cc1. The summed E-state index contributed by atoms with van der Waals surface area (Å²) in [5.41, 5.74) is 1.30. The lowest BCUT2D eigenvalue weighted by molar-refractivity contribution is -0.138. The van der Waals surface area contributed by atoms with E-state index >= 15 is 0 Å². The van der Waals surface area contributed by atoms with Crippen LogP contribution in [0.1, 0.15) is 19.4 Å². The number of rotatable bonds is 7. The first-order chi connectivity index (χ1) is 12.2. The summed E-state index contributed by atoms with van der Waals surface area (Å²) in [6.07, 6.45) is 0.00307. The third-order valence-electron chi connectivity index (χ3n) is 3.61. The van der Waals surface area contributed by atoms with E-state index in [0.717, 1.165) is 9.87 Å². The van der Waals surface area contributed by atoms with Crippen LogP contribution in [-0.2, 0) is 19.6 Å². The Bertz CT molecular complexity index is 843. The fourth-order valence-corrected chi connectivity index (χ4v) is 3.71. The third kappa shape index (κ3) is 4.76. The summed E-state index contributed by atoms with van der Waals surface area (Å²) >= 11 is 0. The average molecular weight is 377 g/mol. The van der Waals surface area contributed by atoms with E-state index < -0.39 is 22.5 Å². The first-order valence-corrected chi connectivity index (χ1v) is 9.61. The number of nitrogens with zero attached hydrogens (tertiary/aromatic N) is 1. The number of esters is 1. The number of carbonyl (C=O) groups excluding carboxylic acids is 1. The maximum Gasteiger partial charge on any atom is 0.326 e. The molecule has 26 heavy (non-hydrogen) atoms. The molecule has 0 bridgehead atoms. The van der Waals surface area contributed by atoms with Crippen molar-refractivity contribution in [2.24, 2.45) is 0 Å². The predicted octanol–water partition coefficient (Wildman–Crippen LogP) is 3.15. The van der Waals surface area contributed by atoms with Gasteiger partial charge in [0.15, 0.2) is 0 Å². The van der Waals surface area contributed by atoms with E-state index in [2.05, 4.69) is 4.74 Å². The number of carbonyl (C=O) groups is 1. The molecule has 0 atom stereocenters. The van der Waals surface area contributed by atoms with Gasteiger partial charge in [-0.25, -0.2) is 8.42 Å². The van der Waals surface area contributed by atoms with Crippen molar-refractivity contribution in [2.75, 3.05) is 18.0 Å². The van der Waals surface area contributed by atoms with Gasteiger partial charge < -0.3 is 9.47 Å². The Morgan fingerprint density at radius 1 is 1.04 bits per heavy atom. The Kier molecular flexibility index (Phi) is 6.26. The Labute approximate surface area is 154 Å². The molecule has 6 nitrogen and oxygen atoms in total. The van der Waals surface area contributed by atoms with Crippen LogP contribution in [-0.4, -0.2) is 34.1 Å². The lowest BCUT2D eigenvalue weighted by atomic mass is 10.2. The van der Waals surface area contributed by atoms with Gasteiger partial charge >= 0.3 is 5.97 Å². The second-order valence-corrected chi connectivity index (χ2v) is 7.92. The van der Waals surface area contributed by atoms with Crippen molar-refractivity contribution in [2.45, 2.75) is 31.8 Å². The van der Waals surface area contributed by atoms with Crippen LogP contribution in [0.2, 0.25) is 0 Å². The second-order valence-electron chi connectivity index (χ2n) is 6.06. The highest BCUT2D eigenvalue weighted by Gasteiger charge is 2.27. The van der Waals surface area contributed by atoms with Crippen LogP contribution in [0.25, 0.3) is 0 Å². The van der Waals surface area contributed by atoms with E-state index in [9.17, 15) is 13.2 Å². The quantitative estimate of drug-likeness (QED) is 0.693. The van der Waals surface area contributed by atoms with Crippen LogP contribution in [0.5, 0.6) is 5.75 Å². The molecular weight excluding hydrogens is 354 g/mol. The summed E-state index contributed by atoms with van der Waals surface area (Å²) in [6, 6.07) is 13.0. The molecule has 0 fully saturated rings. The molecular formula is C19H23NO5S. The standard InChI is InChI=1S/C19H23NO5S/c1-14(2)25-17-9-7-16(8-10-17)20(13-19(21)24-4)26(22,23)18-11-5-15(3)6-12-18/h5-12,14H,13H2,1-4H3. The molecule has 0 aliphatic carbocycles. The molecule has 0 aliphatic rings. The van der Waals surface area contributed by atoms with Crippen LogP contribution in [0.15, 0.2) is 53.4 Å². The van der Waals surface area contributed by atoms with Gasteiger partial charge in [0.1, 0.15) is 12.3 Å². The van der Waals surface area contributed by atoms with Crippen molar-refractivity contribution in [3.05, 3.63) is 54.1 Å². The number of methoxy groups -OCH3 is 1. The van der Waals surface area contributed by atoms with E-state index in [1.54, 1.807) is 36.4 Å². The first-order valence-electron chi connectivity index (χ1n) is 8.17. The summed E-state index contributed by atoms with van der Waals surface area (Å²) < 4.78 is 37.4. The highest BCUT2D eigenvalue weighted by molar-refractivity contribution is 7.92. The molecule has 0 aromatic heterocycles. The number of sulfonamides is 1. The molecule has 0 heterocycles. The molecule has 0 radical (unpaired) electrons. The molecule has 0 N–H and O–H groups in total. The highest BCUT2D eigenvalue weighted by atomic mass is 32.2. The summed E-state index contributed by atoms with van der Waals surface area (Å²) in [6.45, 7) is 5.26. The highest BCUT2D eigenvalue weighted by Crippen LogP contribution is 2.26. The van der Waals surface area contributed by atoms with Gasteiger partial charge in [-0.2, -0.15) is 0 Å². The zero-order valence-electron chi connectivity index (χ0n) is 15.3. The van der Waals surface area contributed by atoms with E-state index in [0.29, 0.717) is 11.4 Å². The van der Waals surface area contributed by atoms with Crippen LogP contribution in [0.3, 0.4) is 0 Å². The van der Waals surface area contributed by atoms with Gasteiger partial charge in [0.2, 0.25) is 0 Å².